The first-order valence-corrected chi connectivity index (χ1v) is 5.70. The van der Waals surface area contributed by atoms with E-state index >= 15 is 0 Å². The molecule has 1 aromatic rings. The SMILES string of the molecule is CNCCC1CC(c2ccccc2F)C1. The molecule has 0 amide bonds. The van der Waals surface area contributed by atoms with Crippen LogP contribution in [0.1, 0.15) is 30.7 Å². The minimum atomic E-state index is -0.0328. The van der Waals surface area contributed by atoms with E-state index in [0.29, 0.717) is 5.92 Å². The molecular weight excluding hydrogens is 189 g/mol. The summed E-state index contributed by atoms with van der Waals surface area (Å²) in [6, 6.07) is 7.18. The second-order valence-electron chi connectivity index (χ2n) is 4.45. The van der Waals surface area contributed by atoms with Crippen molar-refractivity contribution in [2.24, 2.45) is 5.92 Å². The predicted molar refractivity (Wildman–Crippen MR) is 60.4 cm³/mol. The van der Waals surface area contributed by atoms with Crippen molar-refractivity contribution in [3.05, 3.63) is 35.6 Å². The van der Waals surface area contributed by atoms with Crippen molar-refractivity contribution in [1.82, 2.24) is 5.32 Å². The van der Waals surface area contributed by atoms with Gasteiger partial charge < -0.3 is 5.32 Å². The van der Waals surface area contributed by atoms with Crippen LogP contribution in [0.4, 0.5) is 4.39 Å². The van der Waals surface area contributed by atoms with Crippen LogP contribution in [-0.4, -0.2) is 13.6 Å². The van der Waals surface area contributed by atoms with E-state index in [1.165, 1.54) is 6.42 Å². The fourth-order valence-electron chi connectivity index (χ4n) is 2.38. The maximum Gasteiger partial charge on any atom is 0.126 e. The molecule has 0 spiro atoms. The molecule has 2 rings (SSSR count). The van der Waals surface area contributed by atoms with Gasteiger partial charge in [-0.05, 0) is 56.3 Å². The second-order valence-corrected chi connectivity index (χ2v) is 4.45. The molecule has 1 aliphatic carbocycles. The third kappa shape index (κ3) is 2.37. The van der Waals surface area contributed by atoms with Gasteiger partial charge in [0.15, 0.2) is 0 Å². The molecule has 0 heterocycles. The Morgan fingerprint density at radius 2 is 2.07 bits per heavy atom. The largest absolute Gasteiger partial charge is 0.320 e. The van der Waals surface area contributed by atoms with Gasteiger partial charge >= 0.3 is 0 Å². The van der Waals surface area contributed by atoms with Crippen molar-refractivity contribution >= 4 is 0 Å². The summed E-state index contributed by atoms with van der Waals surface area (Å²) < 4.78 is 13.4. The number of benzene rings is 1. The van der Waals surface area contributed by atoms with Gasteiger partial charge in [0.25, 0.3) is 0 Å². The lowest BCUT2D eigenvalue weighted by Crippen LogP contribution is -2.25. The van der Waals surface area contributed by atoms with Gasteiger partial charge in [-0.25, -0.2) is 4.39 Å². The van der Waals surface area contributed by atoms with Gasteiger partial charge in [0.2, 0.25) is 0 Å². The van der Waals surface area contributed by atoms with Gasteiger partial charge in [-0.2, -0.15) is 0 Å². The van der Waals surface area contributed by atoms with Crippen LogP contribution in [0.3, 0.4) is 0 Å². The van der Waals surface area contributed by atoms with Gasteiger partial charge in [0, 0.05) is 0 Å². The van der Waals surface area contributed by atoms with Crippen LogP contribution in [0, 0.1) is 11.7 Å². The molecule has 82 valence electrons. The van der Waals surface area contributed by atoms with Gasteiger partial charge in [-0.15, -0.1) is 0 Å². The summed E-state index contributed by atoms with van der Waals surface area (Å²) in [5.41, 5.74) is 0.915. The summed E-state index contributed by atoms with van der Waals surface area (Å²) in [7, 11) is 1.98. The van der Waals surface area contributed by atoms with Gasteiger partial charge in [-0.3, -0.25) is 0 Å². The molecule has 2 heteroatoms. The molecule has 15 heavy (non-hydrogen) atoms. The topological polar surface area (TPSA) is 12.0 Å². The van der Waals surface area contributed by atoms with Crippen LogP contribution in [0.15, 0.2) is 24.3 Å². The van der Waals surface area contributed by atoms with Crippen LogP contribution < -0.4 is 5.32 Å². The van der Waals surface area contributed by atoms with E-state index in [1.54, 1.807) is 12.1 Å². The van der Waals surface area contributed by atoms with Crippen molar-refractivity contribution in [2.75, 3.05) is 13.6 Å². The molecule has 1 saturated carbocycles. The van der Waals surface area contributed by atoms with E-state index in [9.17, 15) is 4.39 Å². The van der Waals surface area contributed by atoms with Crippen LogP contribution in [-0.2, 0) is 0 Å². The number of nitrogens with one attached hydrogen (secondary N) is 1. The zero-order valence-electron chi connectivity index (χ0n) is 9.17. The van der Waals surface area contributed by atoms with Crippen molar-refractivity contribution in [2.45, 2.75) is 25.2 Å². The molecule has 0 unspecified atom stereocenters. The van der Waals surface area contributed by atoms with Crippen LogP contribution in [0.25, 0.3) is 0 Å². The average Bonchev–Trinajstić information content (AvgIpc) is 2.18. The van der Waals surface area contributed by atoms with Gasteiger partial charge in [0.05, 0.1) is 0 Å². The smallest absolute Gasteiger partial charge is 0.126 e. The summed E-state index contributed by atoms with van der Waals surface area (Å²) in [5.74, 6) is 1.23. The van der Waals surface area contributed by atoms with Crippen molar-refractivity contribution in [3.63, 3.8) is 0 Å². The molecule has 1 fully saturated rings. The first-order valence-electron chi connectivity index (χ1n) is 5.70. The van der Waals surface area contributed by atoms with E-state index in [0.717, 1.165) is 30.9 Å². The van der Waals surface area contributed by atoms with E-state index in [4.69, 9.17) is 0 Å². The maximum atomic E-state index is 13.4. The van der Waals surface area contributed by atoms with Gasteiger partial charge in [0.1, 0.15) is 5.82 Å². The second kappa shape index (κ2) is 4.75. The summed E-state index contributed by atoms with van der Waals surface area (Å²) in [5, 5.41) is 3.16. The standard InChI is InChI=1S/C13H18FN/c1-15-7-6-10-8-11(9-10)12-4-2-3-5-13(12)14/h2-5,10-11,15H,6-9H2,1H3. The zero-order chi connectivity index (χ0) is 10.7. The number of rotatable bonds is 4. The summed E-state index contributed by atoms with van der Waals surface area (Å²) >= 11 is 0. The van der Waals surface area contributed by atoms with E-state index in [1.807, 2.05) is 19.2 Å². The minimum absolute atomic E-state index is 0.0328. The fourth-order valence-corrected chi connectivity index (χ4v) is 2.38. The Kier molecular flexibility index (Phi) is 3.37. The molecule has 1 N–H and O–H groups in total. The first kappa shape index (κ1) is 10.6. The molecule has 1 aromatic carbocycles. The van der Waals surface area contributed by atoms with E-state index in [-0.39, 0.29) is 5.82 Å². The van der Waals surface area contributed by atoms with Crippen LogP contribution in [0.5, 0.6) is 0 Å². The lowest BCUT2D eigenvalue weighted by molar-refractivity contribution is 0.243. The Morgan fingerprint density at radius 1 is 1.33 bits per heavy atom. The van der Waals surface area contributed by atoms with Crippen molar-refractivity contribution in [3.8, 4) is 0 Å². The third-order valence-electron chi connectivity index (χ3n) is 3.38. The molecule has 0 aromatic heterocycles. The highest BCUT2D eigenvalue weighted by molar-refractivity contribution is 5.23. The Hall–Kier alpha value is -0.890. The lowest BCUT2D eigenvalue weighted by Gasteiger charge is -2.36. The lowest BCUT2D eigenvalue weighted by atomic mass is 9.70. The monoisotopic (exact) mass is 207 g/mol. The van der Waals surface area contributed by atoms with Gasteiger partial charge in [-0.1, -0.05) is 18.2 Å². The molecule has 1 aliphatic rings. The minimum Gasteiger partial charge on any atom is -0.320 e. The summed E-state index contributed by atoms with van der Waals surface area (Å²) in [6.45, 7) is 1.08. The summed E-state index contributed by atoms with van der Waals surface area (Å²) in [6.07, 6.45) is 3.53. The number of hydrogen-bond donors (Lipinski definition) is 1. The quantitative estimate of drug-likeness (QED) is 0.800. The normalized spacial score (nSPS) is 24.9. The zero-order valence-corrected chi connectivity index (χ0v) is 9.17. The molecule has 0 aliphatic heterocycles. The molecule has 0 radical (unpaired) electrons. The van der Waals surface area contributed by atoms with Crippen LogP contribution in [0.2, 0.25) is 0 Å². The highest BCUT2D eigenvalue weighted by Crippen LogP contribution is 2.43. The predicted octanol–water partition coefficient (Wildman–Crippen LogP) is 2.93. The highest BCUT2D eigenvalue weighted by atomic mass is 19.1. The Labute approximate surface area is 90.7 Å². The fraction of sp³-hybridized carbons (Fsp3) is 0.538. The van der Waals surface area contributed by atoms with Crippen molar-refractivity contribution < 1.29 is 4.39 Å². The molecular formula is C13H18FN. The third-order valence-corrected chi connectivity index (χ3v) is 3.38. The summed E-state index contributed by atoms with van der Waals surface area (Å²) in [4.78, 5) is 0. The number of halogens is 1. The molecule has 0 saturated heterocycles. The van der Waals surface area contributed by atoms with E-state index < -0.39 is 0 Å². The Morgan fingerprint density at radius 3 is 2.73 bits per heavy atom. The van der Waals surface area contributed by atoms with Crippen molar-refractivity contribution in [1.29, 1.82) is 0 Å². The average molecular weight is 207 g/mol. The molecule has 0 bridgehead atoms. The highest BCUT2D eigenvalue weighted by Gasteiger charge is 2.30. The first-order chi connectivity index (χ1) is 7.31. The maximum absolute atomic E-state index is 13.4. The Bertz CT molecular complexity index is 318. The Balaban J connectivity index is 1.87. The molecule has 0 atom stereocenters. The van der Waals surface area contributed by atoms with Crippen LogP contribution >= 0.6 is 0 Å². The number of hydrogen-bond acceptors (Lipinski definition) is 1. The van der Waals surface area contributed by atoms with E-state index in [2.05, 4.69) is 5.32 Å². The molecule has 1 nitrogen and oxygen atoms in total.